The molecule has 2 heterocycles. The molecule has 0 spiro atoms. The van der Waals surface area contributed by atoms with E-state index in [1.165, 1.54) is 12.1 Å². The molecule has 194 valence electrons. The van der Waals surface area contributed by atoms with Gasteiger partial charge in [0.05, 0.1) is 17.7 Å². The number of benzene rings is 2. The third-order valence-electron chi connectivity index (χ3n) is 5.89. The van der Waals surface area contributed by atoms with E-state index in [0.29, 0.717) is 24.0 Å². The van der Waals surface area contributed by atoms with Crippen LogP contribution in [0.1, 0.15) is 48.1 Å². The standard InChI is InChI=1S/C28H26F3NO5/c1-16(2)15-36-21-10-8-19(9-11-21)25(33)23-24(22-12-7-17(3)37-22)32(27(35)26(23)34)14-18-5-4-6-20(13-18)28(29,30)31/h4-13,16,24,33H,14-15H2,1-3H3/b25-23-. The number of aliphatic hydroxyl groups is 1. The third kappa shape index (κ3) is 5.55. The Morgan fingerprint density at radius 1 is 1.08 bits per heavy atom. The molecule has 1 N–H and O–H groups in total. The van der Waals surface area contributed by atoms with Gasteiger partial charge < -0.3 is 19.2 Å². The van der Waals surface area contributed by atoms with Crippen molar-refractivity contribution in [3.05, 3.63) is 94.4 Å². The molecular formula is C28H26F3NO5. The van der Waals surface area contributed by atoms with Gasteiger partial charge in [-0.15, -0.1) is 0 Å². The number of nitrogens with zero attached hydrogens (tertiary/aromatic N) is 1. The maximum absolute atomic E-state index is 13.2. The number of furan rings is 1. The number of halogens is 3. The molecule has 1 aliphatic heterocycles. The molecule has 1 amide bonds. The van der Waals surface area contributed by atoms with Crippen LogP contribution in [-0.4, -0.2) is 28.3 Å². The zero-order valence-electron chi connectivity index (χ0n) is 20.5. The molecule has 1 saturated heterocycles. The molecule has 6 nitrogen and oxygen atoms in total. The zero-order chi connectivity index (χ0) is 26.9. The van der Waals surface area contributed by atoms with Crippen molar-refractivity contribution in [3.63, 3.8) is 0 Å². The number of hydrogen-bond acceptors (Lipinski definition) is 5. The van der Waals surface area contributed by atoms with Crippen LogP contribution in [0.15, 0.2) is 70.7 Å². The number of Topliss-reactive ketones (excluding diaryl/α,β-unsaturated/α-hetero) is 1. The lowest BCUT2D eigenvalue weighted by Gasteiger charge is -2.24. The summed E-state index contributed by atoms with van der Waals surface area (Å²) in [7, 11) is 0. The van der Waals surface area contributed by atoms with Gasteiger partial charge in [0, 0.05) is 12.1 Å². The van der Waals surface area contributed by atoms with Crippen molar-refractivity contribution in [1.29, 1.82) is 0 Å². The first-order valence-electron chi connectivity index (χ1n) is 11.7. The number of carbonyl (C=O) groups is 2. The molecule has 0 saturated carbocycles. The number of alkyl halides is 3. The molecule has 1 unspecified atom stereocenters. The van der Waals surface area contributed by atoms with Crippen molar-refractivity contribution in [3.8, 4) is 5.75 Å². The maximum atomic E-state index is 13.2. The highest BCUT2D eigenvalue weighted by Crippen LogP contribution is 2.41. The second-order valence-corrected chi connectivity index (χ2v) is 9.30. The van der Waals surface area contributed by atoms with E-state index in [9.17, 15) is 27.9 Å². The Labute approximate surface area is 212 Å². The van der Waals surface area contributed by atoms with E-state index < -0.39 is 35.2 Å². The Hall–Kier alpha value is -4.01. The van der Waals surface area contributed by atoms with Crippen LogP contribution in [0.5, 0.6) is 5.75 Å². The molecule has 2 aromatic carbocycles. The average Bonchev–Trinajstić information content (AvgIpc) is 3.38. The topological polar surface area (TPSA) is 80.0 Å². The van der Waals surface area contributed by atoms with Crippen molar-refractivity contribution in [2.75, 3.05) is 6.61 Å². The Morgan fingerprint density at radius 3 is 2.38 bits per heavy atom. The highest BCUT2D eigenvalue weighted by Gasteiger charge is 2.47. The fraction of sp³-hybridized carbons (Fsp3) is 0.286. The van der Waals surface area contributed by atoms with Crippen LogP contribution in [0, 0.1) is 12.8 Å². The van der Waals surface area contributed by atoms with Gasteiger partial charge in [-0.3, -0.25) is 9.59 Å². The average molecular weight is 514 g/mol. The number of ether oxygens (including phenoxy) is 1. The van der Waals surface area contributed by atoms with E-state index in [1.54, 1.807) is 43.3 Å². The Bertz CT molecular complexity index is 1340. The summed E-state index contributed by atoms with van der Waals surface area (Å²) in [5, 5.41) is 11.1. The predicted molar refractivity (Wildman–Crippen MR) is 130 cm³/mol. The van der Waals surface area contributed by atoms with Crippen LogP contribution < -0.4 is 4.74 Å². The van der Waals surface area contributed by atoms with Gasteiger partial charge >= 0.3 is 6.18 Å². The number of aryl methyl sites for hydroxylation is 1. The Morgan fingerprint density at radius 2 is 1.78 bits per heavy atom. The van der Waals surface area contributed by atoms with Crippen LogP contribution in [0.25, 0.3) is 5.76 Å². The molecular weight excluding hydrogens is 487 g/mol. The highest BCUT2D eigenvalue weighted by molar-refractivity contribution is 6.46. The summed E-state index contributed by atoms with van der Waals surface area (Å²) in [4.78, 5) is 27.3. The monoisotopic (exact) mass is 513 g/mol. The van der Waals surface area contributed by atoms with Crippen LogP contribution in [0.2, 0.25) is 0 Å². The SMILES string of the molecule is Cc1ccc(C2/C(=C(/O)c3ccc(OCC(C)C)cc3)C(=O)C(=O)N2Cc2cccc(C(F)(F)F)c2)o1. The van der Waals surface area contributed by atoms with Crippen molar-refractivity contribution >= 4 is 17.4 Å². The van der Waals surface area contributed by atoms with Crippen molar-refractivity contribution in [2.45, 2.75) is 39.5 Å². The number of hydrogen-bond donors (Lipinski definition) is 1. The summed E-state index contributed by atoms with van der Waals surface area (Å²) in [5.41, 5.74) is -0.618. The van der Waals surface area contributed by atoms with Gasteiger partial charge in [0.1, 0.15) is 29.1 Å². The van der Waals surface area contributed by atoms with E-state index in [0.717, 1.165) is 17.0 Å². The molecule has 0 bridgehead atoms. The first-order chi connectivity index (χ1) is 17.5. The summed E-state index contributed by atoms with van der Waals surface area (Å²) in [6.45, 7) is 5.91. The van der Waals surface area contributed by atoms with E-state index in [2.05, 4.69) is 0 Å². The Balaban J connectivity index is 1.74. The lowest BCUT2D eigenvalue weighted by Crippen LogP contribution is -2.29. The number of amides is 1. The fourth-order valence-corrected chi connectivity index (χ4v) is 4.11. The molecule has 1 fully saturated rings. The van der Waals surface area contributed by atoms with Gasteiger partial charge in [-0.1, -0.05) is 26.0 Å². The quantitative estimate of drug-likeness (QED) is 0.229. The summed E-state index contributed by atoms with van der Waals surface area (Å²) in [5.74, 6) is -0.711. The van der Waals surface area contributed by atoms with E-state index >= 15 is 0 Å². The number of rotatable bonds is 7. The van der Waals surface area contributed by atoms with Gasteiger partial charge in [0.25, 0.3) is 11.7 Å². The molecule has 0 aliphatic carbocycles. The van der Waals surface area contributed by atoms with Crippen LogP contribution in [0.3, 0.4) is 0 Å². The molecule has 4 rings (SSSR count). The molecule has 1 aromatic heterocycles. The lowest BCUT2D eigenvalue weighted by atomic mass is 9.99. The van der Waals surface area contributed by atoms with E-state index in [-0.39, 0.29) is 29.0 Å². The molecule has 1 atom stereocenters. The fourth-order valence-electron chi connectivity index (χ4n) is 4.11. The zero-order valence-corrected chi connectivity index (χ0v) is 20.5. The Kier molecular flexibility index (Phi) is 7.16. The van der Waals surface area contributed by atoms with Gasteiger partial charge in [0.15, 0.2) is 0 Å². The largest absolute Gasteiger partial charge is 0.507 e. The number of carbonyl (C=O) groups excluding carboxylic acids is 2. The number of likely N-dealkylation sites (tertiary alicyclic amines) is 1. The van der Waals surface area contributed by atoms with Crippen LogP contribution in [-0.2, 0) is 22.3 Å². The van der Waals surface area contributed by atoms with Gasteiger partial charge in [-0.2, -0.15) is 13.2 Å². The minimum atomic E-state index is -4.56. The second kappa shape index (κ2) is 10.2. The van der Waals surface area contributed by atoms with E-state index in [4.69, 9.17) is 9.15 Å². The summed E-state index contributed by atoms with van der Waals surface area (Å²) < 4.78 is 51.1. The first kappa shape index (κ1) is 26.1. The third-order valence-corrected chi connectivity index (χ3v) is 5.89. The predicted octanol–water partition coefficient (Wildman–Crippen LogP) is 6.26. The minimum absolute atomic E-state index is 0.177. The second-order valence-electron chi connectivity index (χ2n) is 9.30. The molecule has 3 aromatic rings. The summed E-state index contributed by atoms with van der Waals surface area (Å²) in [6.07, 6.45) is -4.56. The van der Waals surface area contributed by atoms with Crippen molar-refractivity contribution in [1.82, 2.24) is 4.90 Å². The molecule has 37 heavy (non-hydrogen) atoms. The maximum Gasteiger partial charge on any atom is 0.416 e. The smallest absolute Gasteiger partial charge is 0.416 e. The van der Waals surface area contributed by atoms with Gasteiger partial charge in [0.2, 0.25) is 0 Å². The number of ketones is 1. The van der Waals surface area contributed by atoms with E-state index in [1.807, 2.05) is 13.8 Å². The minimum Gasteiger partial charge on any atom is -0.507 e. The van der Waals surface area contributed by atoms with Crippen molar-refractivity contribution in [2.24, 2.45) is 5.92 Å². The first-order valence-corrected chi connectivity index (χ1v) is 11.7. The van der Waals surface area contributed by atoms with Crippen LogP contribution in [0.4, 0.5) is 13.2 Å². The van der Waals surface area contributed by atoms with Crippen molar-refractivity contribution < 1.29 is 37.0 Å². The van der Waals surface area contributed by atoms with Gasteiger partial charge in [-0.05, 0) is 66.9 Å². The summed E-state index contributed by atoms with van der Waals surface area (Å²) >= 11 is 0. The normalized spacial score (nSPS) is 17.6. The van der Waals surface area contributed by atoms with Gasteiger partial charge in [-0.25, -0.2) is 0 Å². The summed E-state index contributed by atoms with van der Waals surface area (Å²) in [6, 6.07) is 13.0. The lowest BCUT2D eigenvalue weighted by molar-refractivity contribution is -0.140. The number of aliphatic hydroxyl groups excluding tert-OH is 1. The highest BCUT2D eigenvalue weighted by atomic mass is 19.4. The molecule has 0 radical (unpaired) electrons. The molecule has 9 heteroatoms. The molecule has 1 aliphatic rings. The van der Waals surface area contributed by atoms with Crippen LogP contribution >= 0.6 is 0 Å².